The van der Waals surface area contributed by atoms with Gasteiger partial charge in [0.1, 0.15) is 11.5 Å². The van der Waals surface area contributed by atoms with Gasteiger partial charge in [0.15, 0.2) is 0 Å². The molecule has 1 aliphatic heterocycles. The zero-order chi connectivity index (χ0) is 24.1. The topological polar surface area (TPSA) is 9.23 Å². The molecule has 37 heavy (non-hydrogen) atoms. The van der Waals surface area contributed by atoms with E-state index < -0.39 is 0 Å². The van der Waals surface area contributed by atoms with E-state index in [9.17, 15) is 0 Å². The maximum atomic E-state index is 6.64. The van der Waals surface area contributed by atoms with E-state index in [-0.39, 0.29) is 0 Å². The molecule has 0 aromatic heterocycles. The predicted octanol–water partition coefficient (Wildman–Crippen LogP) is 10.3. The molecule has 1 nitrogen and oxygen atoms in total. The third-order valence-corrected chi connectivity index (χ3v) is 8.18. The number of benzene rings is 8. The maximum Gasteiger partial charge on any atom is 0.136 e. The first-order valence-corrected chi connectivity index (χ1v) is 12.8. The van der Waals surface area contributed by atoms with E-state index in [0.717, 1.165) is 17.1 Å². The van der Waals surface area contributed by atoms with Gasteiger partial charge in [0, 0.05) is 10.9 Å². The number of fused-ring (bicyclic) bond motifs is 4. The van der Waals surface area contributed by atoms with Crippen LogP contribution in [0.5, 0.6) is 11.5 Å². The molecule has 0 unspecified atom stereocenters. The lowest BCUT2D eigenvalue weighted by molar-refractivity contribution is 0.488. The summed E-state index contributed by atoms with van der Waals surface area (Å²) in [5.41, 5.74) is 4.80. The molecule has 0 aliphatic carbocycles. The Morgan fingerprint density at radius 2 is 1.05 bits per heavy atom. The van der Waals surface area contributed by atoms with Crippen molar-refractivity contribution < 1.29 is 4.74 Å². The second kappa shape index (κ2) is 6.87. The molecule has 1 heteroatoms. The second-order valence-electron chi connectivity index (χ2n) is 10.1. The molecule has 0 bridgehead atoms. The average Bonchev–Trinajstić information content (AvgIpc) is 2.96. The molecule has 0 atom stereocenters. The van der Waals surface area contributed by atoms with Gasteiger partial charge in [0.05, 0.1) is 0 Å². The summed E-state index contributed by atoms with van der Waals surface area (Å²) in [6.07, 6.45) is 0. The zero-order valence-electron chi connectivity index (χ0n) is 20.0. The molecule has 1 aliphatic rings. The van der Waals surface area contributed by atoms with Gasteiger partial charge in [-0.1, -0.05) is 103 Å². The minimum Gasteiger partial charge on any atom is -0.456 e. The molecule has 0 spiro atoms. The van der Waals surface area contributed by atoms with Gasteiger partial charge in [-0.05, 0) is 83.4 Å². The van der Waals surface area contributed by atoms with Crippen LogP contribution in [0.3, 0.4) is 0 Å². The molecule has 0 radical (unpaired) electrons. The minimum atomic E-state index is 0.915. The van der Waals surface area contributed by atoms with Gasteiger partial charge < -0.3 is 4.74 Å². The van der Waals surface area contributed by atoms with Crippen LogP contribution >= 0.6 is 0 Å². The first-order chi connectivity index (χ1) is 18.3. The standard InChI is InChI=1S/C36H20O/c1-2-8-26-24(5-1)20-33-36-29(26)9-4-10-30(36)28-17-15-25(19-32(28)37-33)27-16-13-23-12-11-21-6-3-7-22-14-18-31(27)35(23)34(21)22/h1-20H. The van der Waals surface area contributed by atoms with Gasteiger partial charge in [0.2, 0.25) is 0 Å². The van der Waals surface area contributed by atoms with Gasteiger partial charge in [0.25, 0.3) is 0 Å². The zero-order valence-corrected chi connectivity index (χ0v) is 20.0. The summed E-state index contributed by atoms with van der Waals surface area (Å²) in [6.45, 7) is 0. The summed E-state index contributed by atoms with van der Waals surface area (Å²) >= 11 is 0. The third-order valence-electron chi connectivity index (χ3n) is 8.18. The first kappa shape index (κ1) is 19.3. The summed E-state index contributed by atoms with van der Waals surface area (Å²) in [5.74, 6) is 1.85. The van der Waals surface area contributed by atoms with Crippen LogP contribution < -0.4 is 4.74 Å². The van der Waals surface area contributed by atoms with Gasteiger partial charge in [-0.2, -0.15) is 0 Å². The Labute approximate surface area is 213 Å². The largest absolute Gasteiger partial charge is 0.456 e. The van der Waals surface area contributed by atoms with E-state index in [4.69, 9.17) is 4.74 Å². The van der Waals surface area contributed by atoms with Crippen LogP contribution in [0.2, 0.25) is 0 Å². The van der Waals surface area contributed by atoms with Crippen molar-refractivity contribution in [3.05, 3.63) is 121 Å². The molecule has 0 N–H and O–H groups in total. The normalized spacial score (nSPS) is 12.5. The monoisotopic (exact) mass is 468 g/mol. The molecule has 0 saturated carbocycles. The Kier molecular flexibility index (Phi) is 3.59. The Balaban J connectivity index is 1.30. The van der Waals surface area contributed by atoms with Crippen LogP contribution in [0.15, 0.2) is 121 Å². The molecule has 8 aromatic rings. The molecule has 1 heterocycles. The van der Waals surface area contributed by atoms with Crippen LogP contribution in [0.1, 0.15) is 0 Å². The number of hydrogen-bond donors (Lipinski definition) is 0. The van der Waals surface area contributed by atoms with Crippen molar-refractivity contribution in [1.82, 2.24) is 0 Å². The summed E-state index contributed by atoms with van der Waals surface area (Å²) in [4.78, 5) is 0. The quantitative estimate of drug-likeness (QED) is 0.218. The summed E-state index contributed by atoms with van der Waals surface area (Å²) in [7, 11) is 0. The van der Waals surface area contributed by atoms with Gasteiger partial charge in [-0.25, -0.2) is 0 Å². The van der Waals surface area contributed by atoms with E-state index >= 15 is 0 Å². The van der Waals surface area contributed by atoms with Crippen molar-refractivity contribution in [2.75, 3.05) is 0 Å². The number of hydrogen-bond acceptors (Lipinski definition) is 1. The fraction of sp³-hybridized carbons (Fsp3) is 0. The highest BCUT2D eigenvalue weighted by Crippen LogP contribution is 2.50. The lowest BCUT2D eigenvalue weighted by Gasteiger charge is -2.23. The highest BCUT2D eigenvalue weighted by molar-refractivity contribution is 6.25. The van der Waals surface area contributed by atoms with Crippen molar-refractivity contribution in [1.29, 1.82) is 0 Å². The molecule has 170 valence electrons. The summed E-state index contributed by atoms with van der Waals surface area (Å²) < 4.78 is 6.64. The Hall–Kier alpha value is -4.88. The second-order valence-corrected chi connectivity index (χ2v) is 10.1. The molecule has 0 fully saturated rings. The van der Waals surface area contributed by atoms with Crippen molar-refractivity contribution in [3.63, 3.8) is 0 Å². The Morgan fingerprint density at radius 1 is 0.351 bits per heavy atom. The number of ether oxygens (including phenoxy) is 1. The fourth-order valence-electron chi connectivity index (χ4n) is 6.53. The van der Waals surface area contributed by atoms with Gasteiger partial charge in [-0.15, -0.1) is 0 Å². The Morgan fingerprint density at radius 3 is 1.97 bits per heavy atom. The van der Waals surface area contributed by atoms with Gasteiger partial charge >= 0.3 is 0 Å². The fourth-order valence-corrected chi connectivity index (χ4v) is 6.53. The minimum absolute atomic E-state index is 0.915. The molecular formula is C36H20O. The molecule has 8 aromatic carbocycles. The lowest BCUT2D eigenvalue weighted by Crippen LogP contribution is -1.98. The summed E-state index contributed by atoms with van der Waals surface area (Å²) in [5, 5.41) is 12.7. The SMILES string of the molecule is c1ccc2c(c1)cc1c3c(cccc32)-c2ccc(-c3ccc4ccc5cccc6ccc3c4c56)cc2O1. The van der Waals surface area contributed by atoms with Crippen molar-refractivity contribution >= 4 is 53.9 Å². The molecule has 9 rings (SSSR count). The van der Waals surface area contributed by atoms with Crippen LogP contribution in [0.4, 0.5) is 0 Å². The van der Waals surface area contributed by atoms with Crippen LogP contribution in [0, 0.1) is 0 Å². The third kappa shape index (κ3) is 2.53. The predicted molar refractivity (Wildman–Crippen MR) is 156 cm³/mol. The van der Waals surface area contributed by atoms with E-state index in [2.05, 4.69) is 121 Å². The van der Waals surface area contributed by atoms with Crippen molar-refractivity contribution in [3.8, 4) is 33.8 Å². The average molecular weight is 469 g/mol. The number of rotatable bonds is 1. The highest BCUT2D eigenvalue weighted by Gasteiger charge is 2.22. The van der Waals surface area contributed by atoms with Crippen LogP contribution in [-0.2, 0) is 0 Å². The first-order valence-electron chi connectivity index (χ1n) is 12.8. The van der Waals surface area contributed by atoms with Crippen LogP contribution in [-0.4, -0.2) is 0 Å². The maximum absolute atomic E-state index is 6.64. The van der Waals surface area contributed by atoms with Crippen LogP contribution in [0.25, 0.3) is 76.1 Å². The summed E-state index contributed by atoms with van der Waals surface area (Å²) in [6, 6.07) is 44.1. The van der Waals surface area contributed by atoms with E-state index in [1.54, 1.807) is 0 Å². The van der Waals surface area contributed by atoms with E-state index in [1.165, 1.54) is 70.6 Å². The molecular weight excluding hydrogens is 448 g/mol. The van der Waals surface area contributed by atoms with E-state index in [0.29, 0.717) is 0 Å². The molecule has 0 saturated heterocycles. The van der Waals surface area contributed by atoms with E-state index in [1.807, 2.05) is 0 Å². The van der Waals surface area contributed by atoms with Crippen molar-refractivity contribution in [2.45, 2.75) is 0 Å². The molecule has 0 amide bonds. The van der Waals surface area contributed by atoms with Gasteiger partial charge in [-0.3, -0.25) is 0 Å². The van der Waals surface area contributed by atoms with Crippen molar-refractivity contribution in [2.24, 2.45) is 0 Å². The highest BCUT2D eigenvalue weighted by atomic mass is 16.5. The lowest BCUT2D eigenvalue weighted by atomic mass is 9.88. The smallest absolute Gasteiger partial charge is 0.136 e. The Bertz CT molecular complexity index is 2200.